The summed E-state index contributed by atoms with van der Waals surface area (Å²) in [5.74, 6) is 0.632. The standard InChI is InChI=1S/C10H13BO3/c1-10(2)6-7-4-3-5-8(11(12)13)9(7)14-10/h3-5,12-13H,6H2,1-2H3. The highest BCUT2D eigenvalue weighted by molar-refractivity contribution is 6.59. The van der Waals surface area contributed by atoms with Crippen molar-refractivity contribution in [1.29, 1.82) is 0 Å². The van der Waals surface area contributed by atoms with Crippen molar-refractivity contribution >= 4 is 12.6 Å². The second kappa shape index (κ2) is 3.00. The number of hydrogen-bond acceptors (Lipinski definition) is 3. The molecule has 1 heterocycles. The monoisotopic (exact) mass is 192 g/mol. The Balaban J connectivity index is 2.46. The van der Waals surface area contributed by atoms with E-state index in [1.165, 1.54) is 0 Å². The van der Waals surface area contributed by atoms with E-state index in [0.29, 0.717) is 11.2 Å². The van der Waals surface area contributed by atoms with Crippen molar-refractivity contribution in [3.8, 4) is 5.75 Å². The molecule has 1 aromatic carbocycles. The number of hydrogen-bond donors (Lipinski definition) is 2. The van der Waals surface area contributed by atoms with Gasteiger partial charge in [-0.15, -0.1) is 0 Å². The first-order valence-electron chi connectivity index (χ1n) is 4.66. The van der Waals surface area contributed by atoms with Crippen LogP contribution < -0.4 is 10.2 Å². The second-order valence-electron chi connectivity index (χ2n) is 4.25. The maximum absolute atomic E-state index is 9.13. The summed E-state index contributed by atoms with van der Waals surface area (Å²) < 4.78 is 5.67. The van der Waals surface area contributed by atoms with Crippen molar-refractivity contribution in [3.63, 3.8) is 0 Å². The Morgan fingerprint density at radius 2 is 2.07 bits per heavy atom. The maximum atomic E-state index is 9.13. The van der Waals surface area contributed by atoms with Gasteiger partial charge in [0.05, 0.1) is 0 Å². The molecule has 74 valence electrons. The van der Waals surface area contributed by atoms with Crippen LogP contribution in [0.1, 0.15) is 19.4 Å². The fourth-order valence-electron chi connectivity index (χ4n) is 1.84. The van der Waals surface area contributed by atoms with Gasteiger partial charge in [0.1, 0.15) is 11.4 Å². The first kappa shape index (κ1) is 9.56. The highest BCUT2D eigenvalue weighted by atomic mass is 16.5. The molecule has 4 heteroatoms. The molecule has 0 saturated carbocycles. The molecule has 0 amide bonds. The van der Waals surface area contributed by atoms with Gasteiger partial charge in [-0.2, -0.15) is 0 Å². The van der Waals surface area contributed by atoms with E-state index in [2.05, 4.69) is 0 Å². The fraction of sp³-hybridized carbons (Fsp3) is 0.400. The first-order valence-corrected chi connectivity index (χ1v) is 4.66. The summed E-state index contributed by atoms with van der Waals surface area (Å²) in [5, 5.41) is 18.3. The van der Waals surface area contributed by atoms with Crippen molar-refractivity contribution in [2.24, 2.45) is 0 Å². The highest BCUT2D eigenvalue weighted by Crippen LogP contribution is 2.33. The summed E-state index contributed by atoms with van der Waals surface area (Å²) >= 11 is 0. The van der Waals surface area contributed by atoms with Crippen LogP contribution in [-0.4, -0.2) is 22.8 Å². The largest absolute Gasteiger partial charge is 0.492 e. The Morgan fingerprint density at radius 3 is 2.71 bits per heavy atom. The lowest BCUT2D eigenvalue weighted by Crippen LogP contribution is -2.33. The van der Waals surface area contributed by atoms with E-state index >= 15 is 0 Å². The van der Waals surface area contributed by atoms with Gasteiger partial charge >= 0.3 is 7.12 Å². The van der Waals surface area contributed by atoms with E-state index in [1.54, 1.807) is 6.07 Å². The second-order valence-corrected chi connectivity index (χ2v) is 4.25. The zero-order valence-corrected chi connectivity index (χ0v) is 8.32. The minimum Gasteiger partial charge on any atom is -0.488 e. The molecular formula is C10H13BO3. The van der Waals surface area contributed by atoms with Crippen molar-refractivity contribution in [2.75, 3.05) is 0 Å². The van der Waals surface area contributed by atoms with Crippen molar-refractivity contribution in [1.82, 2.24) is 0 Å². The summed E-state index contributed by atoms with van der Waals surface area (Å²) in [5.41, 5.74) is 1.25. The van der Waals surface area contributed by atoms with Crippen molar-refractivity contribution < 1.29 is 14.8 Å². The van der Waals surface area contributed by atoms with Crippen LogP contribution in [0.15, 0.2) is 18.2 Å². The molecule has 0 aliphatic carbocycles. The molecule has 2 N–H and O–H groups in total. The van der Waals surface area contributed by atoms with Crippen LogP contribution in [0.5, 0.6) is 5.75 Å². The summed E-state index contributed by atoms with van der Waals surface area (Å²) in [4.78, 5) is 0. The van der Waals surface area contributed by atoms with E-state index in [4.69, 9.17) is 14.8 Å². The fourth-order valence-corrected chi connectivity index (χ4v) is 1.84. The molecule has 0 atom stereocenters. The third-order valence-corrected chi connectivity index (χ3v) is 2.40. The number of benzene rings is 1. The predicted octanol–water partition coefficient (Wildman–Crippen LogP) is 0.0799. The van der Waals surface area contributed by atoms with Gasteiger partial charge in [0.2, 0.25) is 0 Å². The topological polar surface area (TPSA) is 49.7 Å². The van der Waals surface area contributed by atoms with E-state index < -0.39 is 7.12 Å². The average Bonchev–Trinajstić information content (AvgIpc) is 2.36. The first-order chi connectivity index (χ1) is 6.49. The van der Waals surface area contributed by atoms with E-state index in [1.807, 2.05) is 26.0 Å². The molecule has 1 aliphatic heterocycles. The molecule has 14 heavy (non-hydrogen) atoms. The van der Waals surface area contributed by atoms with Crippen molar-refractivity contribution in [3.05, 3.63) is 23.8 Å². The van der Waals surface area contributed by atoms with Crippen LogP contribution >= 0.6 is 0 Å². The van der Waals surface area contributed by atoms with Gasteiger partial charge in [0, 0.05) is 11.9 Å². The molecule has 0 aromatic heterocycles. The molecule has 0 radical (unpaired) electrons. The lowest BCUT2D eigenvalue weighted by atomic mass is 9.78. The Bertz CT molecular complexity index is 360. The van der Waals surface area contributed by atoms with Crippen LogP contribution in [0.4, 0.5) is 0 Å². The van der Waals surface area contributed by atoms with E-state index in [0.717, 1.165) is 12.0 Å². The van der Waals surface area contributed by atoms with Gasteiger partial charge in [0.15, 0.2) is 0 Å². The Morgan fingerprint density at radius 1 is 1.36 bits per heavy atom. The van der Waals surface area contributed by atoms with Crippen LogP contribution in [-0.2, 0) is 6.42 Å². The average molecular weight is 192 g/mol. The maximum Gasteiger partial charge on any atom is 0.492 e. The molecule has 0 spiro atoms. The van der Waals surface area contributed by atoms with Gasteiger partial charge in [-0.3, -0.25) is 0 Å². The molecule has 1 aliphatic rings. The van der Waals surface area contributed by atoms with Gasteiger partial charge in [-0.25, -0.2) is 0 Å². The third-order valence-electron chi connectivity index (χ3n) is 2.40. The minimum atomic E-state index is -1.46. The minimum absolute atomic E-state index is 0.243. The highest BCUT2D eigenvalue weighted by Gasteiger charge is 2.33. The number of para-hydroxylation sites is 1. The Hall–Kier alpha value is -0.995. The summed E-state index contributed by atoms with van der Waals surface area (Å²) in [7, 11) is -1.46. The zero-order valence-electron chi connectivity index (χ0n) is 8.32. The smallest absolute Gasteiger partial charge is 0.488 e. The van der Waals surface area contributed by atoms with Crippen molar-refractivity contribution in [2.45, 2.75) is 25.9 Å². The lowest BCUT2D eigenvalue weighted by Gasteiger charge is -2.18. The van der Waals surface area contributed by atoms with Crippen LogP contribution in [0, 0.1) is 0 Å². The van der Waals surface area contributed by atoms with Crippen LogP contribution in [0.3, 0.4) is 0 Å². The summed E-state index contributed by atoms with van der Waals surface area (Å²) in [6.07, 6.45) is 0.808. The molecule has 0 unspecified atom stereocenters. The Kier molecular flexibility index (Phi) is 2.05. The lowest BCUT2D eigenvalue weighted by molar-refractivity contribution is 0.139. The molecule has 2 rings (SSSR count). The number of rotatable bonds is 1. The van der Waals surface area contributed by atoms with E-state index in [9.17, 15) is 0 Å². The quantitative estimate of drug-likeness (QED) is 0.619. The molecule has 0 saturated heterocycles. The van der Waals surface area contributed by atoms with E-state index in [-0.39, 0.29) is 5.60 Å². The van der Waals surface area contributed by atoms with Gasteiger partial charge in [-0.1, -0.05) is 18.2 Å². The SMILES string of the molecule is CC1(C)Cc2cccc(B(O)O)c2O1. The summed E-state index contributed by atoms with van der Waals surface area (Å²) in [6.45, 7) is 3.97. The van der Waals surface area contributed by atoms with Crippen LogP contribution in [0.25, 0.3) is 0 Å². The molecule has 0 bridgehead atoms. The molecule has 0 fully saturated rings. The normalized spacial score (nSPS) is 17.4. The predicted molar refractivity (Wildman–Crippen MR) is 54.7 cm³/mol. The number of ether oxygens (including phenoxy) is 1. The van der Waals surface area contributed by atoms with Gasteiger partial charge < -0.3 is 14.8 Å². The number of fused-ring (bicyclic) bond motifs is 1. The molecule has 3 nitrogen and oxygen atoms in total. The van der Waals surface area contributed by atoms with Gasteiger partial charge in [-0.05, 0) is 19.4 Å². The molecule has 1 aromatic rings. The van der Waals surface area contributed by atoms with Crippen LogP contribution in [0.2, 0.25) is 0 Å². The molecular weight excluding hydrogens is 179 g/mol. The third kappa shape index (κ3) is 1.51. The Labute approximate surface area is 83.5 Å². The zero-order chi connectivity index (χ0) is 10.3. The summed E-state index contributed by atoms with van der Waals surface area (Å²) in [6, 6.07) is 5.44. The van der Waals surface area contributed by atoms with Gasteiger partial charge in [0.25, 0.3) is 0 Å².